The first kappa shape index (κ1) is 15.6. The largest absolute Gasteiger partial charge is 0.300 e. The SMILES string of the molecule is CC/C=C(\C)C(=O)c1ccccc1CN(CC)CC. The smallest absolute Gasteiger partial charge is 0.188 e. The minimum Gasteiger partial charge on any atom is -0.300 e. The molecule has 0 saturated carbocycles. The van der Waals surface area contributed by atoms with Crippen LogP contribution in [0.15, 0.2) is 35.9 Å². The summed E-state index contributed by atoms with van der Waals surface area (Å²) in [6.45, 7) is 11.1. The predicted octanol–water partition coefficient (Wildman–Crippen LogP) is 4.07. The van der Waals surface area contributed by atoms with Crippen LogP contribution in [-0.4, -0.2) is 23.8 Å². The van der Waals surface area contributed by atoms with Crippen molar-refractivity contribution in [3.8, 4) is 0 Å². The van der Waals surface area contributed by atoms with Gasteiger partial charge in [0.15, 0.2) is 5.78 Å². The molecule has 0 atom stereocenters. The minimum absolute atomic E-state index is 0.157. The lowest BCUT2D eigenvalue weighted by molar-refractivity contribution is 0.103. The minimum atomic E-state index is 0.157. The predicted molar refractivity (Wildman–Crippen MR) is 81.4 cm³/mol. The van der Waals surface area contributed by atoms with Gasteiger partial charge in [-0.15, -0.1) is 0 Å². The number of carbonyl (C=O) groups is 1. The second-order valence-electron chi connectivity index (χ2n) is 4.74. The van der Waals surface area contributed by atoms with Crippen LogP contribution >= 0.6 is 0 Å². The maximum atomic E-state index is 12.4. The summed E-state index contributed by atoms with van der Waals surface area (Å²) < 4.78 is 0. The first-order valence-electron chi connectivity index (χ1n) is 7.15. The van der Waals surface area contributed by atoms with E-state index < -0.39 is 0 Å². The van der Waals surface area contributed by atoms with Gasteiger partial charge < -0.3 is 0 Å². The lowest BCUT2D eigenvalue weighted by atomic mass is 9.98. The van der Waals surface area contributed by atoms with E-state index in [0.717, 1.165) is 42.8 Å². The fraction of sp³-hybridized carbons (Fsp3) is 0.471. The van der Waals surface area contributed by atoms with Gasteiger partial charge in [0.1, 0.15) is 0 Å². The van der Waals surface area contributed by atoms with E-state index in [1.165, 1.54) is 0 Å². The number of nitrogens with zero attached hydrogens (tertiary/aromatic N) is 1. The van der Waals surface area contributed by atoms with E-state index in [1.54, 1.807) is 0 Å². The van der Waals surface area contributed by atoms with Gasteiger partial charge in [-0.25, -0.2) is 0 Å². The lowest BCUT2D eigenvalue weighted by Gasteiger charge is -2.19. The molecule has 0 aromatic heterocycles. The second kappa shape index (κ2) is 7.90. The maximum Gasteiger partial charge on any atom is 0.188 e. The van der Waals surface area contributed by atoms with Crippen molar-refractivity contribution >= 4 is 5.78 Å². The van der Waals surface area contributed by atoms with Crippen LogP contribution in [0, 0.1) is 0 Å². The monoisotopic (exact) mass is 259 g/mol. The Hall–Kier alpha value is -1.41. The van der Waals surface area contributed by atoms with Crippen molar-refractivity contribution in [1.29, 1.82) is 0 Å². The molecule has 2 nitrogen and oxygen atoms in total. The molecular weight excluding hydrogens is 234 g/mol. The number of Topliss-reactive ketones (excluding diaryl/α,β-unsaturated/α-hetero) is 1. The van der Waals surface area contributed by atoms with Crippen LogP contribution in [0.5, 0.6) is 0 Å². The molecule has 0 unspecified atom stereocenters. The Labute approximate surface area is 117 Å². The Kier molecular flexibility index (Phi) is 6.51. The molecule has 19 heavy (non-hydrogen) atoms. The zero-order valence-corrected chi connectivity index (χ0v) is 12.6. The van der Waals surface area contributed by atoms with Gasteiger partial charge in [0.05, 0.1) is 0 Å². The molecule has 1 aromatic carbocycles. The first-order valence-corrected chi connectivity index (χ1v) is 7.15. The number of benzene rings is 1. The fourth-order valence-electron chi connectivity index (χ4n) is 2.18. The number of hydrogen-bond donors (Lipinski definition) is 0. The van der Waals surface area contributed by atoms with Crippen LogP contribution in [0.3, 0.4) is 0 Å². The molecule has 0 bridgehead atoms. The lowest BCUT2D eigenvalue weighted by Crippen LogP contribution is -2.23. The quantitative estimate of drug-likeness (QED) is 0.543. The number of hydrogen-bond acceptors (Lipinski definition) is 2. The molecule has 1 aromatic rings. The molecule has 0 aliphatic carbocycles. The molecule has 0 aliphatic rings. The van der Waals surface area contributed by atoms with Gasteiger partial charge >= 0.3 is 0 Å². The molecular formula is C17H25NO. The van der Waals surface area contributed by atoms with Crippen LogP contribution in [0.1, 0.15) is 50.0 Å². The summed E-state index contributed by atoms with van der Waals surface area (Å²) in [5, 5.41) is 0. The Morgan fingerprint density at radius 1 is 1.16 bits per heavy atom. The van der Waals surface area contributed by atoms with Crippen molar-refractivity contribution in [2.24, 2.45) is 0 Å². The van der Waals surface area contributed by atoms with E-state index in [4.69, 9.17) is 0 Å². The highest BCUT2D eigenvalue weighted by atomic mass is 16.1. The molecule has 0 N–H and O–H groups in total. The Morgan fingerprint density at radius 3 is 2.37 bits per heavy atom. The molecule has 0 heterocycles. The standard InChI is InChI=1S/C17H25NO/c1-5-10-14(4)17(19)16-12-9-8-11-15(16)13-18(6-2)7-3/h8-12H,5-7,13H2,1-4H3/b14-10+. The summed E-state index contributed by atoms with van der Waals surface area (Å²) in [4.78, 5) is 14.8. The molecule has 0 spiro atoms. The van der Waals surface area contributed by atoms with Gasteiger partial charge in [-0.1, -0.05) is 51.1 Å². The van der Waals surface area contributed by atoms with E-state index in [9.17, 15) is 4.79 Å². The normalized spacial score (nSPS) is 11.9. The topological polar surface area (TPSA) is 20.3 Å². The Bertz CT molecular complexity index is 444. The number of allylic oxidation sites excluding steroid dienone is 2. The summed E-state index contributed by atoms with van der Waals surface area (Å²) in [5.74, 6) is 0.157. The van der Waals surface area contributed by atoms with Gasteiger partial charge in [-0.05, 0) is 37.6 Å². The van der Waals surface area contributed by atoms with Gasteiger partial charge in [-0.2, -0.15) is 0 Å². The Morgan fingerprint density at radius 2 is 1.79 bits per heavy atom. The van der Waals surface area contributed by atoms with Crippen molar-refractivity contribution in [1.82, 2.24) is 4.90 Å². The highest BCUT2D eigenvalue weighted by Gasteiger charge is 2.13. The van der Waals surface area contributed by atoms with Crippen molar-refractivity contribution < 1.29 is 4.79 Å². The van der Waals surface area contributed by atoms with Crippen LogP contribution in [0.25, 0.3) is 0 Å². The number of carbonyl (C=O) groups excluding carboxylic acids is 1. The summed E-state index contributed by atoms with van der Waals surface area (Å²) >= 11 is 0. The van der Waals surface area contributed by atoms with Crippen molar-refractivity contribution in [3.63, 3.8) is 0 Å². The molecule has 2 heteroatoms. The summed E-state index contributed by atoms with van der Waals surface area (Å²) in [7, 11) is 0. The summed E-state index contributed by atoms with van der Waals surface area (Å²) in [6, 6.07) is 7.95. The number of ketones is 1. The van der Waals surface area contributed by atoms with Crippen LogP contribution in [-0.2, 0) is 6.54 Å². The van der Waals surface area contributed by atoms with E-state index >= 15 is 0 Å². The van der Waals surface area contributed by atoms with Crippen LogP contribution in [0.2, 0.25) is 0 Å². The van der Waals surface area contributed by atoms with Gasteiger partial charge in [-0.3, -0.25) is 9.69 Å². The van der Waals surface area contributed by atoms with Crippen molar-refractivity contribution in [2.75, 3.05) is 13.1 Å². The highest BCUT2D eigenvalue weighted by Crippen LogP contribution is 2.16. The second-order valence-corrected chi connectivity index (χ2v) is 4.74. The maximum absolute atomic E-state index is 12.4. The van der Waals surface area contributed by atoms with E-state index in [0.29, 0.717) is 0 Å². The molecule has 0 aliphatic heterocycles. The van der Waals surface area contributed by atoms with E-state index in [2.05, 4.69) is 31.7 Å². The third kappa shape index (κ3) is 4.32. The molecule has 0 radical (unpaired) electrons. The highest BCUT2D eigenvalue weighted by molar-refractivity contribution is 6.09. The summed E-state index contributed by atoms with van der Waals surface area (Å²) in [5.41, 5.74) is 2.81. The fourth-order valence-corrected chi connectivity index (χ4v) is 2.18. The molecule has 104 valence electrons. The van der Waals surface area contributed by atoms with E-state index in [1.807, 2.05) is 31.2 Å². The molecule has 0 fully saturated rings. The zero-order chi connectivity index (χ0) is 14.3. The zero-order valence-electron chi connectivity index (χ0n) is 12.6. The van der Waals surface area contributed by atoms with Gasteiger partial charge in [0.25, 0.3) is 0 Å². The first-order chi connectivity index (χ1) is 9.13. The third-order valence-electron chi connectivity index (χ3n) is 3.42. The third-order valence-corrected chi connectivity index (χ3v) is 3.42. The van der Waals surface area contributed by atoms with Crippen LogP contribution in [0.4, 0.5) is 0 Å². The average Bonchev–Trinajstić information content (AvgIpc) is 2.44. The summed E-state index contributed by atoms with van der Waals surface area (Å²) in [6.07, 6.45) is 2.90. The molecule has 1 rings (SSSR count). The molecule has 0 amide bonds. The van der Waals surface area contributed by atoms with Crippen molar-refractivity contribution in [2.45, 2.75) is 40.7 Å². The van der Waals surface area contributed by atoms with E-state index in [-0.39, 0.29) is 5.78 Å². The van der Waals surface area contributed by atoms with Crippen LogP contribution < -0.4 is 0 Å². The average molecular weight is 259 g/mol. The molecule has 0 saturated heterocycles. The van der Waals surface area contributed by atoms with Gasteiger partial charge in [0.2, 0.25) is 0 Å². The van der Waals surface area contributed by atoms with Gasteiger partial charge in [0, 0.05) is 12.1 Å². The van der Waals surface area contributed by atoms with Crippen molar-refractivity contribution in [3.05, 3.63) is 47.0 Å². The Balaban J connectivity index is 3.02. The number of rotatable bonds is 7.